The summed E-state index contributed by atoms with van der Waals surface area (Å²) in [6.45, 7) is 0. The van der Waals surface area contributed by atoms with Gasteiger partial charge in [0.15, 0.2) is 11.3 Å². The summed E-state index contributed by atoms with van der Waals surface area (Å²) in [6, 6.07) is 28.9. The first-order valence-corrected chi connectivity index (χ1v) is 9.58. The largest absolute Gasteiger partial charge is 0.355 e. The summed E-state index contributed by atoms with van der Waals surface area (Å²) >= 11 is 0. The van der Waals surface area contributed by atoms with Crippen LogP contribution in [0.1, 0.15) is 11.3 Å². The Bertz CT molecular complexity index is 1390. The molecule has 5 nitrogen and oxygen atoms in total. The molecule has 0 saturated heterocycles. The number of hydrogen-bond acceptors (Lipinski definition) is 4. The average molecular weight is 391 g/mol. The molecule has 5 heteroatoms. The Kier molecular flexibility index (Phi) is 4.54. The van der Waals surface area contributed by atoms with Crippen molar-refractivity contribution in [3.05, 3.63) is 113 Å². The van der Waals surface area contributed by atoms with Crippen LogP contribution in [-0.4, -0.2) is 14.9 Å². The standard InChI is InChI=1S/C25H17N3O2/c29-25-24-22(21(30-27-24)17-16-18-10-4-1-5-11-18)23(19-12-6-2-7-13-19)26-28(25)20-14-8-3-9-15-20/h1-17H/b17-16+. The van der Waals surface area contributed by atoms with Gasteiger partial charge in [-0.2, -0.15) is 9.78 Å². The maximum absolute atomic E-state index is 13.2. The summed E-state index contributed by atoms with van der Waals surface area (Å²) in [4.78, 5) is 13.2. The Morgan fingerprint density at radius 1 is 0.767 bits per heavy atom. The van der Waals surface area contributed by atoms with Gasteiger partial charge in [-0.25, -0.2) is 0 Å². The molecule has 2 aromatic heterocycles. The van der Waals surface area contributed by atoms with Crippen molar-refractivity contribution in [1.82, 2.24) is 14.9 Å². The first-order valence-electron chi connectivity index (χ1n) is 9.58. The van der Waals surface area contributed by atoms with E-state index in [1.54, 1.807) is 0 Å². The van der Waals surface area contributed by atoms with Gasteiger partial charge in [-0.05, 0) is 23.8 Å². The van der Waals surface area contributed by atoms with E-state index in [2.05, 4.69) is 5.16 Å². The molecule has 0 atom stereocenters. The fraction of sp³-hybridized carbons (Fsp3) is 0. The van der Waals surface area contributed by atoms with Crippen molar-refractivity contribution in [3.63, 3.8) is 0 Å². The van der Waals surface area contributed by atoms with Crippen LogP contribution in [0.25, 0.3) is 40.0 Å². The number of rotatable bonds is 4. The lowest BCUT2D eigenvalue weighted by Crippen LogP contribution is -2.22. The van der Waals surface area contributed by atoms with E-state index in [1.165, 1.54) is 4.68 Å². The minimum absolute atomic E-state index is 0.250. The average Bonchev–Trinajstić information content (AvgIpc) is 3.24. The molecule has 3 aromatic carbocycles. The molecule has 5 aromatic rings. The number of benzene rings is 3. The molecule has 0 bridgehead atoms. The molecule has 0 radical (unpaired) electrons. The lowest BCUT2D eigenvalue weighted by atomic mass is 10.1. The highest BCUT2D eigenvalue weighted by Crippen LogP contribution is 2.29. The van der Waals surface area contributed by atoms with Crippen LogP contribution in [0.15, 0.2) is 100 Å². The van der Waals surface area contributed by atoms with Crippen molar-refractivity contribution >= 4 is 23.1 Å². The molecule has 0 saturated carbocycles. The van der Waals surface area contributed by atoms with E-state index in [-0.39, 0.29) is 11.1 Å². The van der Waals surface area contributed by atoms with E-state index in [0.717, 1.165) is 11.1 Å². The molecule has 0 unspecified atom stereocenters. The van der Waals surface area contributed by atoms with E-state index in [4.69, 9.17) is 9.62 Å². The summed E-state index contributed by atoms with van der Waals surface area (Å²) in [5.41, 5.74) is 3.15. The van der Waals surface area contributed by atoms with Crippen LogP contribution in [0, 0.1) is 0 Å². The molecule has 0 spiro atoms. The summed E-state index contributed by atoms with van der Waals surface area (Å²) in [7, 11) is 0. The molecular formula is C25H17N3O2. The zero-order valence-electron chi connectivity index (χ0n) is 16.0. The van der Waals surface area contributed by atoms with Crippen LogP contribution in [0.3, 0.4) is 0 Å². The third-order valence-electron chi connectivity index (χ3n) is 4.82. The summed E-state index contributed by atoms with van der Waals surface area (Å²) in [6.07, 6.45) is 3.75. The predicted molar refractivity (Wildman–Crippen MR) is 118 cm³/mol. The van der Waals surface area contributed by atoms with Crippen LogP contribution in [-0.2, 0) is 0 Å². The van der Waals surface area contributed by atoms with Gasteiger partial charge >= 0.3 is 5.56 Å². The second-order valence-corrected chi connectivity index (χ2v) is 6.78. The molecule has 0 aliphatic rings. The number of nitrogens with zero attached hydrogens (tertiary/aromatic N) is 3. The minimum atomic E-state index is -0.320. The van der Waals surface area contributed by atoms with Gasteiger partial charge in [0.05, 0.1) is 11.1 Å². The monoisotopic (exact) mass is 391 g/mol. The Balaban J connectivity index is 1.76. The van der Waals surface area contributed by atoms with E-state index in [1.807, 2.05) is 103 Å². The third kappa shape index (κ3) is 3.22. The lowest BCUT2D eigenvalue weighted by Gasteiger charge is -2.08. The van der Waals surface area contributed by atoms with Gasteiger partial charge in [-0.1, -0.05) is 90.1 Å². The minimum Gasteiger partial charge on any atom is -0.355 e. The van der Waals surface area contributed by atoms with E-state index in [9.17, 15) is 4.79 Å². The van der Waals surface area contributed by atoms with Crippen molar-refractivity contribution < 1.29 is 4.52 Å². The molecule has 0 fully saturated rings. The Labute approximate surface area is 172 Å². The zero-order valence-corrected chi connectivity index (χ0v) is 16.0. The maximum atomic E-state index is 13.2. The third-order valence-corrected chi connectivity index (χ3v) is 4.82. The van der Waals surface area contributed by atoms with Crippen molar-refractivity contribution in [2.24, 2.45) is 0 Å². The predicted octanol–water partition coefficient (Wildman–Crippen LogP) is 5.21. The van der Waals surface area contributed by atoms with Gasteiger partial charge in [-0.3, -0.25) is 4.79 Å². The van der Waals surface area contributed by atoms with Crippen molar-refractivity contribution in [1.29, 1.82) is 0 Å². The van der Waals surface area contributed by atoms with Gasteiger partial charge in [0, 0.05) is 5.56 Å². The molecule has 2 heterocycles. The molecule has 0 aliphatic carbocycles. The number of fused-ring (bicyclic) bond motifs is 1. The first-order chi connectivity index (χ1) is 14.8. The Hall–Kier alpha value is -4.25. The SMILES string of the molecule is O=c1c2noc(/C=C/c3ccccc3)c2c(-c2ccccc2)nn1-c1ccccc1. The highest BCUT2D eigenvalue weighted by atomic mass is 16.5. The lowest BCUT2D eigenvalue weighted by molar-refractivity contribution is 0.420. The summed E-state index contributed by atoms with van der Waals surface area (Å²) in [5.74, 6) is 0.498. The van der Waals surface area contributed by atoms with Crippen LogP contribution < -0.4 is 5.56 Å². The van der Waals surface area contributed by atoms with Gasteiger partial charge in [0.2, 0.25) is 0 Å². The topological polar surface area (TPSA) is 60.9 Å². The van der Waals surface area contributed by atoms with Gasteiger partial charge in [0.1, 0.15) is 5.69 Å². The maximum Gasteiger partial charge on any atom is 0.301 e. The number of hydrogen-bond donors (Lipinski definition) is 0. The van der Waals surface area contributed by atoms with E-state index >= 15 is 0 Å². The molecular weight excluding hydrogens is 374 g/mol. The number of aromatic nitrogens is 3. The summed E-state index contributed by atoms with van der Waals surface area (Å²) in [5, 5.41) is 9.40. The van der Waals surface area contributed by atoms with Gasteiger partial charge in [-0.15, -0.1) is 0 Å². The second-order valence-electron chi connectivity index (χ2n) is 6.78. The first kappa shape index (κ1) is 17.8. The fourth-order valence-corrected chi connectivity index (χ4v) is 3.37. The van der Waals surface area contributed by atoms with Crippen molar-refractivity contribution in [3.8, 4) is 16.9 Å². The van der Waals surface area contributed by atoms with Crippen LogP contribution in [0.5, 0.6) is 0 Å². The Morgan fingerprint density at radius 2 is 1.40 bits per heavy atom. The smallest absolute Gasteiger partial charge is 0.301 e. The Morgan fingerprint density at radius 3 is 2.10 bits per heavy atom. The fourth-order valence-electron chi connectivity index (χ4n) is 3.37. The van der Waals surface area contributed by atoms with Gasteiger partial charge in [0.25, 0.3) is 0 Å². The van der Waals surface area contributed by atoms with Crippen molar-refractivity contribution in [2.45, 2.75) is 0 Å². The van der Waals surface area contributed by atoms with Gasteiger partial charge < -0.3 is 4.52 Å². The quantitative estimate of drug-likeness (QED) is 0.422. The van der Waals surface area contributed by atoms with E-state index in [0.29, 0.717) is 22.5 Å². The molecule has 5 rings (SSSR count). The van der Waals surface area contributed by atoms with E-state index < -0.39 is 0 Å². The van der Waals surface area contributed by atoms with Crippen molar-refractivity contribution in [2.75, 3.05) is 0 Å². The molecule has 144 valence electrons. The number of para-hydroxylation sites is 1. The molecule has 0 aliphatic heterocycles. The summed E-state index contributed by atoms with van der Waals surface area (Å²) < 4.78 is 6.95. The highest BCUT2D eigenvalue weighted by Gasteiger charge is 2.20. The molecule has 30 heavy (non-hydrogen) atoms. The second kappa shape index (κ2) is 7.64. The zero-order chi connectivity index (χ0) is 20.3. The normalized spacial score (nSPS) is 11.3. The van der Waals surface area contributed by atoms with Crippen LogP contribution >= 0.6 is 0 Å². The van der Waals surface area contributed by atoms with Crippen LogP contribution in [0.4, 0.5) is 0 Å². The molecule has 0 amide bonds. The highest BCUT2D eigenvalue weighted by molar-refractivity contribution is 5.97. The molecule has 0 N–H and O–H groups in total. The van der Waals surface area contributed by atoms with Crippen LogP contribution in [0.2, 0.25) is 0 Å².